The molecule has 2 aromatic carbocycles. The van der Waals surface area contributed by atoms with Crippen LogP contribution in [0.15, 0.2) is 53.5 Å². The van der Waals surface area contributed by atoms with E-state index in [1.165, 1.54) is 12.1 Å². The predicted molar refractivity (Wildman–Crippen MR) is 128 cm³/mol. The molecule has 176 valence electrons. The first-order chi connectivity index (χ1) is 16.4. The number of nitrogens with two attached hydrogens (primary N) is 1. The number of aromatic amines is 1. The lowest BCUT2D eigenvalue weighted by molar-refractivity contribution is 0.416. The lowest BCUT2D eigenvalue weighted by atomic mass is 10.1. The number of hydrogen-bond acceptors (Lipinski definition) is 6. The highest BCUT2D eigenvalue weighted by atomic mass is 19.1. The third-order valence-corrected chi connectivity index (χ3v) is 5.57. The summed E-state index contributed by atoms with van der Waals surface area (Å²) in [5, 5.41) is 3.75. The number of aromatic nitrogens is 3. The van der Waals surface area contributed by atoms with Crippen molar-refractivity contribution in [1.29, 1.82) is 0 Å². The van der Waals surface area contributed by atoms with E-state index in [1.54, 1.807) is 37.6 Å². The van der Waals surface area contributed by atoms with Crippen LogP contribution in [0.4, 0.5) is 14.5 Å². The van der Waals surface area contributed by atoms with E-state index in [-0.39, 0.29) is 11.6 Å². The Hall–Kier alpha value is -3.85. The summed E-state index contributed by atoms with van der Waals surface area (Å²) in [6.45, 7) is 2.49. The third-order valence-electron chi connectivity index (χ3n) is 5.57. The molecule has 0 aliphatic carbocycles. The number of benzene rings is 2. The van der Waals surface area contributed by atoms with Gasteiger partial charge in [0.15, 0.2) is 0 Å². The van der Waals surface area contributed by atoms with Crippen LogP contribution in [0.1, 0.15) is 24.7 Å². The summed E-state index contributed by atoms with van der Waals surface area (Å²) >= 11 is 0. The van der Waals surface area contributed by atoms with Crippen molar-refractivity contribution in [1.82, 2.24) is 15.0 Å². The maximum atomic E-state index is 13.5. The minimum atomic E-state index is -0.666. The number of H-pyrrole nitrogens is 1. The fourth-order valence-corrected chi connectivity index (χ4v) is 3.72. The maximum absolute atomic E-state index is 13.5. The minimum Gasteiger partial charge on any atom is -0.495 e. The molecule has 7 nitrogen and oxygen atoms in total. The minimum absolute atomic E-state index is 0.0592. The van der Waals surface area contributed by atoms with E-state index in [9.17, 15) is 13.6 Å². The zero-order valence-corrected chi connectivity index (χ0v) is 18.9. The molecule has 0 radical (unpaired) electrons. The second-order valence-corrected chi connectivity index (χ2v) is 7.95. The Labute approximate surface area is 195 Å². The number of pyridine rings is 1. The van der Waals surface area contributed by atoms with Crippen molar-refractivity contribution in [2.45, 2.75) is 25.8 Å². The van der Waals surface area contributed by atoms with Gasteiger partial charge in [0, 0.05) is 36.8 Å². The van der Waals surface area contributed by atoms with Crippen molar-refractivity contribution in [2.75, 3.05) is 19.0 Å². The average Bonchev–Trinajstić information content (AvgIpc) is 2.82. The summed E-state index contributed by atoms with van der Waals surface area (Å²) in [4.78, 5) is 24.5. The number of ether oxygens (including phenoxy) is 1. The van der Waals surface area contributed by atoms with Crippen LogP contribution in [0.5, 0.6) is 5.75 Å². The largest absolute Gasteiger partial charge is 0.495 e. The molecule has 2 aromatic heterocycles. The molecule has 0 amide bonds. The van der Waals surface area contributed by atoms with Crippen molar-refractivity contribution in [3.05, 3.63) is 82.0 Å². The molecule has 0 bridgehead atoms. The van der Waals surface area contributed by atoms with E-state index < -0.39 is 11.6 Å². The molecule has 0 fully saturated rings. The van der Waals surface area contributed by atoms with E-state index in [1.807, 2.05) is 6.92 Å². The quantitative estimate of drug-likeness (QED) is 0.363. The summed E-state index contributed by atoms with van der Waals surface area (Å²) in [7, 11) is 1.54. The molecule has 0 saturated heterocycles. The molecule has 9 heteroatoms. The Balaban J connectivity index is 1.63. The topological polar surface area (TPSA) is 106 Å². The van der Waals surface area contributed by atoms with Gasteiger partial charge in [0.25, 0.3) is 5.56 Å². The molecule has 1 unspecified atom stereocenters. The summed E-state index contributed by atoms with van der Waals surface area (Å²) in [6, 6.07) is 10.2. The van der Waals surface area contributed by atoms with Gasteiger partial charge in [-0.2, -0.15) is 0 Å². The summed E-state index contributed by atoms with van der Waals surface area (Å²) in [6.07, 6.45) is 2.75. The van der Waals surface area contributed by atoms with Gasteiger partial charge in [0.2, 0.25) is 0 Å². The fraction of sp³-hybridized carbons (Fsp3) is 0.240. The fourth-order valence-electron chi connectivity index (χ4n) is 3.72. The maximum Gasteiger partial charge on any atom is 0.258 e. The first-order valence-corrected chi connectivity index (χ1v) is 10.9. The molecular weight excluding hydrogens is 440 g/mol. The molecule has 4 N–H and O–H groups in total. The summed E-state index contributed by atoms with van der Waals surface area (Å²) in [5.74, 6) is -0.332. The van der Waals surface area contributed by atoms with E-state index >= 15 is 0 Å². The molecule has 0 spiro atoms. The molecular formula is C25H25F2N5O2. The lowest BCUT2D eigenvalue weighted by Gasteiger charge is -2.19. The van der Waals surface area contributed by atoms with Crippen LogP contribution in [0.25, 0.3) is 22.2 Å². The van der Waals surface area contributed by atoms with Gasteiger partial charge in [0.1, 0.15) is 23.2 Å². The van der Waals surface area contributed by atoms with Crippen LogP contribution in [-0.2, 0) is 6.42 Å². The predicted octanol–water partition coefficient (Wildman–Crippen LogP) is 4.01. The molecule has 4 rings (SSSR count). The van der Waals surface area contributed by atoms with Gasteiger partial charge in [-0.15, -0.1) is 0 Å². The SMILES string of the molecule is CCC(CN)Nc1cc2nc(Cc3ccc(-c4cc(F)cc(F)c4)nc3)[nH]c(=O)c2cc1OC. The van der Waals surface area contributed by atoms with E-state index in [0.29, 0.717) is 52.4 Å². The number of nitrogens with zero attached hydrogens (tertiary/aromatic N) is 2. The number of methoxy groups -OCH3 is 1. The van der Waals surface area contributed by atoms with Crippen molar-refractivity contribution in [3.63, 3.8) is 0 Å². The Kier molecular flexibility index (Phi) is 6.83. The van der Waals surface area contributed by atoms with Gasteiger partial charge < -0.3 is 20.8 Å². The van der Waals surface area contributed by atoms with E-state index in [4.69, 9.17) is 10.5 Å². The Morgan fingerprint density at radius 3 is 2.53 bits per heavy atom. The summed E-state index contributed by atoms with van der Waals surface area (Å²) in [5.41, 5.74) is 8.33. The van der Waals surface area contributed by atoms with Gasteiger partial charge in [-0.1, -0.05) is 13.0 Å². The average molecular weight is 466 g/mol. The second-order valence-electron chi connectivity index (χ2n) is 7.95. The normalized spacial score (nSPS) is 12.0. The highest BCUT2D eigenvalue weighted by Gasteiger charge is 2.14. The Morgan fingerprint density at radius 1 is 1.15 bits per heavy atom. The first kappa shape index (κ1) is 23.3. The van der Waals surface area contributed by atoms with E-state index in [0.717, 1.165) is 18.1 Å². The monoisotopic (exact) mass is 465 g/mol. The van der Waals surface area contributed by atoms with Gasteiger partial charge in [-0.3, -0.25) is 9.78 Å². The van der Waals surface area contributed by atoms with Crippen molar-refractivity contribution in [2.24, 2.45) is 5.73 Å². The number of nitrogens with one attached hydrogen (secondary N) is 2. The zero-order valence-electron chi connectivity index (χ0n) is 18.9. The van der Waals surface area contributed by atoms with Crippen molar-refractivity contribution < 1.29 is 13.5 Å². The van der Waals surface area contributed by atoms with Gasteiger partial charge >= 0.3 is 0 Å². The highest BCUT2D eigenvalue weighted by Crippen LogP contribution is 2.29. The standard InChI is InChI=1S/C25H25F2N5O2/c1-3-18(12-28)30-22-11-21-19(10-23(22)34-2)25(33)32-24(31-21)6-14-4-5-20(29-13-14)15-7-16(26)9-17(27)8-15/h4-5,7-11,13,18,30H,3,6,12,28H2,1-2H3,(H,31,32,33). The second kappa shape index (κ2) is 9.96. The van der Waals surface area contributed by atoms with Gasteiger partial charge in [0.05, 0.1) is 29.4 Å². The van der Waals surface area contributed by atoms with Crippen LogP contribution in [0.2, 0.25) is 0 Å². The molecule has 0 aliphatic rings. The van der Waals surface area contributed by atoms with Crippen LogP contribution >= 0.6 is 0 Å². The number of fused-ring (bicyclic) bond motifs is 1. The molecule has 34 heavy (non-hydrogen) atoms. The van der Waals surface area contributed by atoms with Crippen LogP contribution in [0, 0.1) is 11.6 Å². The molecule has 0 saturated carbocycles. The highest BCUT2D eigenvalue weighted by molar-refractivity contribution is 5.85. The Bertz CT molecular complexity index is 1350. The van der Waals surface area contributed by atoms with Crippen LogP contribution < -0.4 is 21.3 Å². The third kappa shape index (κ3) is 5.04. The molecule has 4 aromatic rings. The number of rotatable bonds is 8. The molecule has 0 aliphatic heterocycles. The van der Waals surface area contributed by atoms with Gasteiger partial charge in [-0.05, 0) is 42.3 Å². The van der Waals surface area contributed by atoms with Crippen LogP contribution in [0.3, 0.4) is 0 Å². The lowest BCUT2D eigenvalue weighted by Crippen LogP contribution is -2.28. The van der Waals surface area contributed by atoms with Crippen molar-refractivity contribution >= 4 is 16.6 Å². The molecule has 2 heterocycles. The number of hydrogen-bond donors (Lipinski definition) is 3. The van der Waals surface area contributed by atoms with Crippen LogP contribution in [-0.4, -0.2) is 34.6 Å². The van der Waals surface area contributed by atoms with E-state index in [2.05, 4.69) is 20.3 Å². The van der Waals surface area contributed by atoms with Gasteiger partial charge in [-0.25, -0.2) is 13.8 Å². The van der Waals surface area contributed by atoms with Crippen molar-refractivity contribution in [3.8, 4) is 17.0 Å². The summed E-state index contributed by atoms with van der Waals surface area (Å²) < 4.78 is 32.5. The molecule has 1 atom stereocenters. The number of anilines is 1. The Morgan fingerprint density at radius 2 is 1.91 bits per heavy atom. The smallest absolute Gasteiger partial charge is 0.258 e. The zero-order chi connectivity index (χ0) is 24.2. The first-order valence-electron chi connectivity index (χ1n) is 10.9. The number of halogens is 2.